The predicted molar refractivity (Wildman–Crippen MR) is 45.9 cm³/mol. The molecular weight excluding hydrogens is 196 g/mol. The highest BCUT2D eigenvalue weighted by Gasteiger charge is 2.17. The molecule has 0 radical (unpaired) electrons. The molecule has 0 aromatic heterocycles. The standard InChI is InChI=1S/C7H7F2N3O2/c8-7(9)4-1-2-5(11-10)6(3-4)12(13)14/h1-3,7,11H,10H2. The first-order valence-electron chi connectivity index (χ1n) is 3.59. The van der Waals surface area contributed by atoms with Crippen molar-refractivity contribution in [1.82, 2.24) is 0 Å². The Bertz CT molecular complexity index is 357. The van der Waals surface area contributed by atoms with Crippen LogP contribution in [0.2, 0.25) is 0 Å². The summed E-state index contributed by atoms with van der Waals surface area (Å²) in [5.41, 5.74) is 1.18. The number of anilines is 1. The number of nitro groups is 1. The molecule has 7 heteroatoms. The van der Waals surface area contributed by atoms with E-state index in [1.807, 2.05) is 0 Å². The number of rotatable bonds is 3. The molecule has 0 unspecified atom stereocenters. The van der Waals surface area contributed by atoms with E-state index in [9.17, 15) is 18.9 Å². The first-order valence-corrected chi connectivity index (χ1v) is 3.59. The second-order valence-corrected chi connectivity index (χ2v) is 2.48. The summed E-state index contributed by atoms with van der Waals surface area (Å²) in [4.78, 5) is 9.64. The number of nitro benzene ring substituents is 1. The second-order valence-electron chi connectivity index (χ2n) is 2.48. The fourth-order valence-electron chi connectivity index (χ4n) is 0.958. The van der Waals surface area contributed by atoms with Crippen LogP contribution in [0.25, 0.3) is 0 Å². The SMILES string of the molecule is NNc1ccc(C(F)F)cc1[N+](=O)[O-]. The van der Waals surface area contributed by atoms with E-state index in [-0.39, 0.29) is 5.69 Å². The van der Waals surface area contributed by atoms with Gasteiger partial charge >= 0.3 is 0 Å². The number of benzene rings is 1. The summed E-state index contributed by atoms with van der Waals surface area (Å²) in [6, 6.07) is 3.01. The van der Waals surface area contributed by atoms with Crippen LogP contribution < -0.4 is 11.3 Å². The van der Waals surface area contributed by atoms with Crippen LogP contribution in [0.1, 0.15) is 12.0 Å². The molecule has 14 heavy (non-hydrogen) atoms. The summed E-state index contributed by atoms with van der Waals surface area (Å²) in [7, 11) is 0. The fraction of sp³-hybridized carbons (Fsp3) is 0.143. The minimum absolute atomic E-state index is 0.000556. The number of hydrogen-bond acceptors (Lipinski definition) is 4. The van der Waals surface area contributed by atoms with Gasteiger partial charge in [-0.2, -0.15) is 0 Å². The smallest absolute Gasteiger partial charge is 0.294 e. The third kappa shape index (κ3) is 1.94. The van der Waals surface area contributed by atoms with Gasteiger partial charge in [-0.25, -0.2) is 8.78 Å². The van der Waals surface area contributed by atoms with Gasteiger partial charge in [0.25, 0.3) is 12.1 Å². The number of nitrogens with two attached hydrogens (primary N) is 1. The lowest BCUT2D eigenvalue weighted by atomic mass is 10.2. The van der Waals surface area contributed by atoms with Gasteiger partial charge in [0.05, 0.1) is 4.92 Å². The van der Waals surface area contributed by atoms with Crippen molar-refractivity contribution in [1.29, 1.82) is 0 Å². The molecule has 76 valence electrons. The predicted octanol–water partition coefficient (Wildman–Crippen LogP) is 1.82. The molecule has 0 fully saturated rings. The molecule has 0 saturated heterocycles. The molecule has 0 aliphatic rings. The highest BCUT2D eigenvalue weighted by atomic mass is 19.3. The van der Waals surface area contributed by atoms with Crippen molar-refractivity contribution >= 4 is 11.4 Å². The zero-order chi connectivity index (χ0) is 10.7. The molecule has 0 bridgehead atoms. The van der Waals surface area contributed by atoms with Gasteiger partial charge in [-0.3, -0.25) is 16.0 Å². The van der Waals surface area contributed by atoms with Crippen molar-refractivity contribution in [3.05, 3.63) is 33.9 Å². The number of nitrogen functional groups attached to an aromatic ring is 1. The Labute approximate surface area is 77.6 Å². The van der Waals surface area contributed by atoms with Crippen LogP contribution in [0.4, 0.5) is 20.2 Å². The quantitative estimate of drug-likeness (QED) is 0.446. The zero-order valence-corrected chi connectivity index (χ0v) is 6.91. The van der Waals surface area contributed by atoms with Gasteiger partial charge in [0.2, 0.25) is 0 Å². The van der Waals surface area contributed by atoms with Gasteiger partial charge in [-0.05, 0) is 6.07 Å². The Kier molecular flexibility index (Phi) is 2.92. The molecule has 3 N–H and O–H groups in total. The average Bonchev–Trinajstić information content (AvgIpc) is 2.16. The van der Waals surface area contributed by atoms with Gasteiger partial charge in [-0.15, -0.1) is 0 Å². The largest absolute Gasteiger partial charge is 0.318 e. The van der Waals surface area contributed by atoms with Crippen molar-refractivity contribution in [3.8, 4) is 0 Å². The Morgan fingerprint density at radius 3 is 2.57 bits per heavy atom. The molecular formula is C7H7F2N3O2. The maximum absolute atomic E-state index is 12.2. The normalized spacial score (nSPS) is 10.3. The van der Waals surface area contributed by atoms with Crippen LogP contribution >= 0.6 is 0 Å². The van der Waals surface area contributed by atoms with Crippen LogP contribution in [0.15, 0.2) is 18.2 Å². The highest BCUT2D eigenvalue weighted by molar-refractivity contribution is 5.61. The van der Waals surface area contributed by atoms with E-state index in [1.54, 1.807) is 0 Å². The van der Waals surface area contributed by atoms with E-state index in [4.69, 9.17) is 5.84 Å². The van der Waals surface area contributed by atoms with Crippen molar-refractivity contribution in [2.75, 3.05) is 5.43 Å². The minimum atomic E-state index is -2.74. The lowest BCUT2D eigenvalue weighted by Crippen LogP contribution is -2.09. The van der Waals surface area contributed by atoms with E-state index in [0.717, 1.165) is 18.2 Å². The topological polar surface area (TPSA) is 81.2 Å². The highest BCUT2D eigenvalue weighted by Crippen LogP contribution is 2.29. The first kappa shape index (κ1) is 10.3. The number of hydrogen-bond donors (Lipinski definition) is 2. The van der Waals surface area contributed by atoms with E-state index in [0.29, 0.717) is 0 Å². The summed E-state index contributed by atoms with van der Waals surface area (Å²) in [6.07, 6.45) is -2.74. The first-order chi connectivity index (χ1) is 6.56. The van der Waals surface area contributed by atoms with Gasteiger partial charge in [-0.1, -0.05) is 6.07 Å². The summed E-state index contributed by atoms with van der Waals surface area (Å²) >= 11 is 0. The molecule has 5 nitrogen and oxygen atoms in total. The molecule has 0 spiro atoms. The second kappa shape index (κ2) is 3.97. The van der Waals surface area contributed by atoms with Crippen LogP contribution in [-0.2, 0) is 0 Å². The summed E-state index contributed by atoms with van der Waals surface area (Å²) < 4.78 is 24.3. The van der Waals surface area contributed by atoms with Crippen LogP contribution in [0, 0.1) is 10.1 Å². The summed E-state index contributed by atoms with van der Waals surface area (Å²) in [6.45, 7) is 0. The molecule has 0 heterocycles. The molecule has 1 aromatic carbocycles. The van der Waals surface area contributed by atoms with Crippen LogP contribution in [-0.4, -0.2) is 4.92 Å². The minimum Gasteiger partial charge on any atom is -0.318 e. The molecule has 1 rings (SSSR count). The fourth-order valence-corrected chi connectivity index (χ4v) is 0.958. The van der Waals surface area contributed by atoms with Gasteiger partial charge in [0.1, 0.15) is 5.69 Å². The molecule has 0 aliphatic carbocycles. The summed E-state index contributed by atoms with van der Waals surface area (Å²) in [5, 5.41) is 10.4. The molecule has 0 aliphatic heterocycles. The third-order valence-corrected chi connectivity index (χ3v) is 1.63. The Morgan fingerprint density at radius 1 is 1.50 bits per heavy atom. The van der Waals surface area contributed by atoms with Crippen molar-refractivity contribution in [2.24, 2.45) is 5.84 Å². The van der Waals surface area contributed by atoms with Gasteiger partial charge in [0.15, 0.2) is 0 Å². The lowest BCUT2D eigenvalue weighted by Gasteiger charge is -2.03. The third-order valence-electron chi connectivity index (χ3n) is 1.63. The number of alkyl halides is 2. The van der Waals surface area contributed by atoms with Crippen molar-refractivity contribution < 1.29 is 13.7 Å². The van der Waals surface area contributed by atoms with Gasteiger partial charge in [0, 0.05) is 11.6 Å². The van der Waals surface area contributed by atoms with Crippen molar-refractivity contribution in [3.63, 3.8) is 0 Å². The Balaban J connectivity index is 3.21. The summed E-state index contributed by atoms with van der Waals surface area (Å²) in [5.74, 6) is 4.97. The van der Waals surface area contributed by atoms with E-state index in [2.05, 4.69) is 5.43 Å². The van der Waals surface area contributed by atoms with Crippen LogP contribution in [0.5, 0.6) is 0 Å². The van der Waals surface area contributed by atoms with E-state index < -0.39 is 22.6 Å². The number of nitrogens with zero attached hydrogens (tertiary/aromatic N) is 1. The number of halogens is 2. The average molecular weight is 203 g/mol. The lowest BCUT2D eigenvalue weighted by molar-refractivity contribution is -0.384. The maximum Gasteiger partial charge on any atom is 0.294 e. The monoisotopic (exact) mass is 203 g/mol. The van der Waals surface area contributed by atoms with Gasteiger partial charge < -0.3 is 5.43 Å². The Hall–Kier alpha value is -1.76. The van der Waals surface area contributed by atoms with Crippen molar-refractivity contribution in [2.45, 2.75) is 6.43 Å². The number of nitrogens with one attached hydrogen (secondary N) is 1. The molecule has 0 amide bonds. The molecule has 0 atom stereocenters. The molecule has 0 saturated carbocycles. The maximum atomic E-state index is 12.2. The zero-order valence-electron chi connectivity index (χ0n) is 6.91. The van der Waals surface area contributed by atoms with E-state index >= 15 is 0 Å². The van der Waals surface area contributed by atoms with E-state index in [1.165, 1.54) is 0 Å². The Morgan fingerprint density at radius 2 is 2.14 bits per heavy atom. The van der Waals surface area contributed by atoms with Crippen LogP contribution in [0.3, 0.4) is 0 Å². The molecule has 1 aromatic rings. The number of hydrazine groups is 1.